The van der Waals surface area contributed by atoms with Crippen molar-refractivity contribution in [2.24, 2.45) is 0 Å². The van der Waals surface area contributed by atoms with Gasteiger partial charge in [-0.2, -0.15) is 13.2 Å². The van der Waals surface area contributed by atoms with Crippen LogP contribution in [0.25, 0.3) is 11.1 Å². The number of benzene rings is 2. The fourth-order valence-electron chi connectivity index (χ4n) is 3.43. The number of amides is 1. The Morgan fingerprint density at radius 2 is 1.77 bits per heavy atom. The van der Waals surface area contributed by atoms with Gasteiger partial charge in [-0.25, -0.2) is 9.18 Å². The van der Waals surface area contributed by atoms with Gasteiger partial charge in [0.2, 0.25) is 0 Å². The first-order chi connectivity index (χ1) is 16.0. The van der Waals surface area contributed by atoms with Crippen LogP contribution in [0.3, 0.4) is 0 Å². The molecule has 6 nitrogen and oxygen atoms in total. The molecule has 0 aliphatic heterocycles. The summed E-state index contributed by atoms with van der Waals surface area (Å²) in [6.07, 6.45) is -6.86. The highest BCUT2D eigenvalue weighted by atomic mass is 35.5. The molecule has 35 heavy (non-hydrogen) atoms. The van der Waals surface area contributed by atoms with E-state index < -0.39 is 59.0 Å². The quantitative estimate of drug-likeness (QED) is 0.328. The van der Waals surface area contributed by atoms with Crippen molar-refractivity contribution in [3.8, 4) is 16.9 Å². The summed E-state index contributed by atoms with van der Waals surface area (Å²) in [4.78, 5) is 24.6. The smallest absolute Gasteiger partial charge is 0.419 e. The van der Waals surface area contributed by atoms with E-state index in [0.29, 0.717) is 11.6 Å². The average molecular weight is 520 g/mol. The molecule has 2 aromatic rings. The van der Waals surface area contributed by atoms with E-state index in [0.717, 1.165) is 12.1 Å². The van der Waals surface area contributed by atoms with Crippen molar-refractivity contribution in [3.05, 3.63) is 51.8 Å². The lowest BCUT2D eigenvalue weighted by molar-refractivity contribution is -0.143. The van der Waals surface area contributed by atoms with E-state index in [2.05, 4.69) is 5.32 Å². The van der Waals surface area contributed by atoms with Crippen LogP contribution in [0.15, 0.2) is 24.3 Å². The molecular formula is C24H26ClF4NO5. The summed E-state index contributed by atoms with van der Waals surface area (Å²) in [7, 11) is 0. The number of aryl methyl sites for hydroxylation is 1. The highest BCUT2D eigenvalue weighted by Crippen LogP contribution is 2.42. The first kappa shape index (κ1) is 28.2. The van der Waals surface area contributed by atoms with Gasteiger partial charge in [0.1, 0.15) is 17.2 Å². The molecule has 0 aromatic heterocycles. The lowest BCUT2D eigenvalue weighted by atomic mass is 9.91. The first-order valence-electron chi connectivity index (χ1n) is 10.6. The number of halogens is 5. The number of phenols is 1. The molecule has 0 aliphatic rings. The Bertz CT molecular complexity index is 1090. The van der Waals surface area contributed by atoms with E-state index in [1.54, 1.807) is 20.8 Å². The number of hydrogen-bond acceptors (Lipinski definition) is 5. The molecule has 2 rings (SSSR count). The molecule has 0 fully saturated rings. The van der Waals surface area contributed by atoms with E-state index >= 15 is 4.39 Å². The van der Waals surface area contributed by atoms with Crippen LogP contribution in [0, 0.1) is 12.7 Å². The van der Waals surface area contributed by atoms with Crippen LogP contribution in [0.2, 0.25) is 5.02 Å². The molecule has 0 aliphatic carbocycles. The molecule has 0 bridgehead atoms. The molecule has 1 amide bonds. The maximum absolute atomic E-state index is 15.3. The van der Waals surface area contributed by atoms with Crippen LogP contribution < -0.4 is 5.32 Å². The van der Waals surface area contributed by atoms with Gasteiger partial charge in [-0.05, 0) is 70.0 Å². The summed E-state index contributed by atoms with van der Waals surface area (Å²) >= 11 is 5.90. The molecule has 0 saturated carbocycles. The minimum Gasteiger partial charge on any atom is -0.507 e. The molecule has 2 N–H and O–H groups in total. The molecule has 0 saturated heterocycles. The van der Waals surface area contributed by atoms with E-state index in [-0.39, 0.29) is 22.8 Å². The van der Waals surface area contributed by atoms with E-state index in [9.17, 15) is 27.9 Å². The van der Waals surface area contributed by atoms with E-state index in [4.69, 9.17) is 21.1 Å². The third-order valence-electron chi connectivity index (χ3n) is 4.72. The summed E-state index contributed by atoms with van der Waals surface area (Å²) in [5, 5.41) is 12.8. The zero-order valence-electron chi connectivity index (χ0n) is 19.8. The Kier molecular flexibility index (Phi) is 8.65. The largest absolute Gasteiger partial charge is 0.507 e. The minimum absolute atomic E-state index is 0.0201. The van der Waals surface area contributed by atoms with Gasteiger partial charge < -0.3 is 19.9 Å². The van der Waals surface area contributed by atoms with Crippen LogP contribution >= 0.6 is 11.6 Å². The molecule has 192 valence electrons. The highest BCUT2D eigenvalue weighted by molar-refractivity contribution is 6.31. The molecule has 0 heterocycles. The van der Waals surface area contributed by atoms with Gasteiger partial charge in [0.05, 0.1) is 24.6 Å². The highest BCUT2D eigenvalue weighted by Gasteiger charge is 2.38. The van der Waals surface area contributed by atoms with Crippen molar-refractivity contribution in [2.45, 2.75) is 58.9 Å². The Labute approximate surface area is 205 Å². The van der Waals surface area contributed by atoms with Crippen molar-refractivity contribution in [1.29, 1.82) is 0 Å². The average Bonchev–Trinajstić information content (AvgIpc) is 2.65. The topological polar surface area (TPSA) is 84.9 Å². The molecule has 1 atom stereocenters. The first-order valence-corrected chi connectivity index (χ1v) is 11.0. The number of rotatable bonds is 6. The molecule has 2 aromatic carbocycles. The molecule has 0 radical (unpaired) electrons. The Balaban J connectivity index is 2.74. The van der Waals surface area contributed by atoms with Gasteiger partial charge in [0, 0.05) is 16.1 Å². The van der Waals surface area contributed by atoms with Crippen molar-refractivity contribution in [2.75, 3.05) is 6.61 Å². The number of alkyl halides is 3. The molecule has 11 heteroatoms. The zero-order chi connectivity index (χ0) is 26.7. The lowest BCUT2D eigenvalue weighted by Crippen LogP contribution is -2.36. The van der Waals surface area contributed by atoms with Crippen LogP contribution in [0.1, 0.15) is 56.8 Å². The summed E-state index contributed by atoms with van der Waals surface area (Å²) in [6.45, 7) is 7.66. The number of hydrogen-bond donors (Lipinski definition) is 2. The van der Waals surface area contributed by atoms with Crippen molar-refractivity contribution in [3.63, 3.8) is 0 Å². The normalized spacial score (nSPS) is 12.7. The second-order valence-electron chi connectivity index (χ2n) is 8.75. The maximum Gasteiger partial charge on any atom is 0.419 e. The number of phenolic OH excluding ortho intramolecular Hbond substituents is 1. The second kappa shape index (κ2) is 10.7. The second-order valence-corrected chi connectivity index (χ2v) is 9.19. The van der Waals surface area contributed by atoms with Crippen LogP contribution in [-0.4, -0.2) is 29.4 Å². The Morgan fingerprint density at radius 3 is 2.29 bits per heavy atom. The van der Waals surface area contributed by atoms with Gasteiger partial charge in [-0.1, -0.05) is 11.6 Å². The monoisotopic (exact) mass is 519 g/mol. The predicted octanol–water partition coefficient (Wildman–Crippen LogP) is 6.70. The third-order valence-corrected chi connectivity index (χ3v) is 4.94. The van der Waals surface area contributed by atoms with Crippen LogP contribution in [0.5, 0.6) is 5.75 Å². The van der Waals surface area contributed by atoms with Gasteiger partial charge in [-0.15, -0.1) is 0 Å². The summed E-state index contributed by atoms with van der Waals surface area (Å²) in [5.74, 6) is -2.99. The maximum atomic E-state index is 15.3. The summed E-state index contributed by atoms with van der Waals surface area (Å²) in [6, 6.07) is 2.56. The van der Waals surface area contributed by atoms with Gasteiger partial charge >= 0.3 is 18.2 Å². The number of aromatic hydroxyl groups is 1. The van der Waals surface area contributed by atoms with Gasteiger partial charge in [0.15, 0.2) is 0 Å². The number of carbonyl (C=O) groups excluding carboxylic acids is 2. The third kappa shape index (κ3) is 7.48. The fourth-order valence-corrected chi connectivity index (χ4v) is 3.69. The lowest BCUT2D eigenvalue weighted by Gasteiger charge is -2.25. The predicted molar refractivity (Wildman–Crippen MR) is 122 cm³/mol. The van der Waals surface area contributed by atoms with E-state index in [1.165, 1.54) is 19.9 Å². The molecular weight excluding hydrogens is 494 g/mol. The van der Waals surface area contributed by atoms with Crippen molar-refractivity contribution < 1.29 is 41.7 Å². The zero-order valence-corrected chi connectivity index (χ0v) is 20.5. The fraction of sp³-hybridized carbons (Fsp3) is 0.417. The number of esters is 1. The van der Waals surface area contributed by atoms with Gasteiger partial charge in [-0.3, -0.25) is 4.79 Å². The van der Waals surface area contributed by atoms with Crippen LogP contribution in [-0.2, 0) is 20.4 Å². The number of ether oxygens (including phenoxy) is 2. The Morgan fingerprint density at radius 1 is 1.14 bits per heavy atom. The van der Waals surface area contributed by atoms with Crippen LogP contribution in [0.4, 0.5) is 22.4 Å². The van der Waals surface area contributed by atoms with E-state index in [1.807, 2.05) is 0 Å². The summed E-state index contributed by atoms with van der Waals surface area (Å²) in [5.41, 5.74) is -3.14. The molecule has 0 unspecified atom stereocenters. The van der Waals surface area contributed by atoms with Crippen molar-refractivity contribution >= 4 is 23.7 Å². The number of carbonyl (C=O) groups is 2. The SMILES string of the molecule is CCOC(=O)C[C@H](NC(=O)OC(C)(C)C)c1cc(-c2c(C)cc(Cl)cc2O)cc(C(F)(F)F)c1F. The minimum atomic E-state index is -5.12. The standard InChI is InChI=1S/C24H26ClF4NO5/c1-6-34-19(32)11-17(30-22(33)35-23(3,4)5)15-8-13(9-16(21(15)26)24(27,28)29)20-12(2)7-14(25)10-18(20)31/h7-10,17,31H,6,11H2,1-5H3,(H,30,33)/t17-/m0/s1. The number of nitrogens with one attached hydrogen (secondary N) is 1. The van der Waals surface area contributed by atoms with Gasteiger partial charge in [0.25, 0.3) is 0 Å². The number of alkyl carbamates (subject to hydrolysis) is 1. The molecule has 0 spiro atoms. The van der Waals surface area contributed by atoms with Crippen molar-refractivity contribution in [1.82, 2.24) is 5.32 Å². The summed E-state index contributed by atoms with van der Waals surface area (Å²) < 4.78 is 66.6. The Hall–Kier alpha value is -3.01.